The summed E-state index contributed by atoms with van der Waals surface area (Å²) in [4.78, 5) is 32.8. The van der Waals surface area contributed by atoms with Crippen molar-refractivity contribution in [1.29, 1.82) is 0 Å². The number of carboxylic acids is 1. The Kier molecular flexibility index (Phi) is 7.23. The smallest absolute Gasteiger partial charge is 0.327 e. The van der Waals surface area contributed by atoms with E-state index in [-0.39, 0.29) is 5.91 Å². The molecular weight excluding hydrogens is 482 g/mol. The highest BCUT2D eigenvalue weighted by atomic mass is 32.1. The fourth-order valence-corrected chi connectivity index (χ4v) is 5.23. The minimum atomic E-state index is -1.22. The Bertz CT molecular complexity index is 1460. The van der Waals surface area contributed by atoms with Crippen LogP contribution in [0.1, 0.15) is 22.1 Å². The van der Waals surface area contributed by atoms with E-state index >= 15 is 0 Å². The maximum Gasteiger partial charge on any atom is 0.327 e. The van der Waals surface area contributed by atoms with Crippen LogP contribution < -0.4 is 5.32 Å². The molecule has 4 aromatic carbocycles. The van der Waals surface area contributed by atoms with Gasteiger partial charge in [0, 0.05) is 12.1 Å². The third-order valence-corrected chi connectivity index (χ3v) is 7.36. The van der Waals surface area contributed by atoms with Crippen LogP contribution in [-0.4, -0.2) is 33.0 Å². The summed E-state index contributed by atoms with van der Waals surface area (Å²) in [6.45, 7) is 0. The number of rotatable bonds is 9. The molecule has 0 saturated heterocycles. The molecule has 5 rings (SSSR count). The second kappa shape index (κ2) is 10.9. The minimum Gasteiger partial charge on any atom is -0.480 e. The first-order valence-electron chi connectivity index (χ1n) is 12.1. The summed E-state index contributed by atoms with van der Waals surface area (Å²) in [7, 11) is 0. The molecular formula is C30H27N3O3S. The lowest BCUT2D eigenvalue weighted by molar-refractivity contribution is -0.142. The molecule has 0 aliphatic heterocycles. The quantitative estimate of drug-likeness (QED) is 0.201. The molecule has 0 fully saturated rings. The Morgan fingerprint density at radius 2 is 1.38 bits per heavy atom. The third kappa shape index (κ3) is 5.37. The van der Waals surface area contributed by atoms with E-state index in [1.165, 1.54) is 12.5 Å². The van der Waals surface area contributed by atoms with E-state index < -0.39 is 23.2 Å². The van der Waals surface area contributed by atoms with E-state index in [0.717, 1.165) is 32.7 Å². The number of nitrogens with one attached hydrogen (secondary N) is 2. The lowest BCUT2D eigenvalue weighted by Crippen LogP contribution is -2.47. The van der Waals surface area contributed by atoms with Gasteiger partial charge in [-0.05, 0) is 45.5 Å². The number of aliphatic carboxylic acids is 1. The Morgan fingerprint density at radius 3 is 1.89 bits per heavy atom. The highest BCUT2D eigenvalue weighted by Crippen LogP contribution is 2.27. The summed E-state index contributed by atoms with van der Waals surface area (Å²) in [5, 5.41) is 16.3. The molecule has 1 heterocycles. The highest BCUT2D eigenvalue weighted by molar-refractivity contribution is 7.80. The Hall–Kier alpha value is -4.10. The fraction of sp³-hybridized carbons (Fsp3) is 0.167. The number of hydrogen-bond acceptors (Lipinski definition) is 4. The molecule has 0 radical (unpaired) electrons. The monoisotopic (exact) mass is 509 g/mol. The molecule has 0 saturated carbocycles. The lowest BCUT2D eigenvalue weighted by Gasteiger charge is -2.24. The number of thiol groups is 1. The molecule has 2 unspecified atom stereocenters. The van der Waals surface area contributed by atoms with Crippen molar-refractivity contribution in [1.82, 2.24) is 15.3 Å². The van der Waals surface area contributed by atoms with Gasteiger partial charge in [0.05, 0.1) is 17.3 Å². The number of carbonyl (C=O) groups excluding carboxylic acids is 1. The van der Waals surface area contributed by atoms with Crippen molar-refractivity contribution in [3.05, 3.63) is 114 Å². The van der Waals surface area contributed by atoms with Crippen molar-refractivity contribution < 1.29 is 14.7 Å². The second-order valence-electron chi connectivity index (χ2n) is 9.16. The number of amides is 1. The first-order chi connectivity index (χ1) is 18.0. The molecule has 37 heavy (non-hydrogen) atoms. The minimum absolute atomic E-state index is 0.327. The van der Waals surface area contributed by atoms with E-state index in [9.17, 15) is 14.7 Å². The van der Waals surface area contributed by atoms with Crippen molar-refractivity contribution >= 4 is 46.1 Å². The van der Waals surface area contributed by atoms with Crippen LogP contribution >= 0.6 is 12.6 Å². The van der Waals surface area contributed by atoms with Gasteiger partial charge in [-0.15, -0.1) is 0 Å². The van der Waals surface area contributed by atoms with Gasteiger partial charge in [-0.2, -0.15) is 12.6 Å². The number of benzene rings is 4. The average Bonchev–Trinajstić information content (AvgIpc) is 3.46. The van der Waals surface area contributed by atoms with Crippen molar-refractivity contribution in [3.8, 4) is 0 Å². The number of nitrogens with zero attached hydrogens (tertiary/aromatic N) is 1. The maximum absolute atomic E-state index is 13.8. The molecule has 1 amide bonds. The van der Waals surface area contributed by atoms with Gasteiger partial charge >= 0.3 is 5.97 Å². The zero-order chi connectivity index (χ0) is 25.8. The van der Waals surface area contributed by atoms with Crippen LogP contribution in [0.15, 0.2) is 97.5 Å². The Balaban J connectivity index is 1.50. The second-order valence-corrected chi connectivity index (χ2v) is 9.71. The summed E-state index contributed by atoms with van der Waals surface area (Å²) in [5.74, 6) is -1.98. The van der Waals surface area contributed by atoms with E-state index in [2.05, 4.69) is 64.3 Å². The van der Waals surface area contributed by atoms with Gasteiger partial charge in [-0.1, -0.05) is 84.9 Å². The molecule has 5 aromatic rings. The number of carboxylic acid groups (broad SMARTS) is 1. The first-order valence-corrected chi connectivity index (χ1v) is 12.7. The van der Waals surface area contributed by atoms with E-state index in [4.69, 9.17) is 0 Å². The molecule has 1 aromatic heterocycles. The standard InChI is InChI=1S/C30H27N3O3S/c34-29(33-27(30(35)36)28(37)26-17-31-18-32-26)23(15-21-11-5-9-19-7-1-3-13-24(19)21)16-22-12-6-10-20-8-2-4-14-25(20)22/h1-14,17-18,23,27-28,37H,15-16H2,(H,31,32)(H,33,34)(H,35,36). The van der Waals surface area contributed by atoms with Gasteiger partial charge in [0.15, 0.2) is 0 Å². The summed E-state index contributed by atoms with van der Waals surface area (Å²) in [5.41, 5.74) is 2.61. The molecule has 6 nitrogen and oxygen atoms in total. The average molecular weight is 510 g/mol. The SMILES string of the molecule is O=C(NC(C(=O)O)C(S)c1cnc[nH]1)C(Cc1cccc2ccccc12)Cc1cccc2ccccc12. The van der Waals surface area contributed by atoms with E-state index in [1.54, 1.807) is 0 Å². The molecule has 3 N–H and O–H groups in total. The van der Waals surface area contributed by atoms with Crippen molar-refractivity contribution in [2.24, 2.45) is 5.92 Å². The Morgan fingerprint density at radius 1 is 0.838 bits per heavy atom. The van der Waals surface area contributed by atoms with Crippen LogP contribution in [0.4, 0.5) is 0 Å². The topological polar surface area (TPSA) is 95.1 Å². The third-order valence-electron chi connectivity index (χ3n) is 6.78. The molecule has 0 bridgehead atoms. The van der Waals surface area contributed by atoms with E-state index in [0.29, 0.717) is 18.5 Å². The summed E-state index contributed by atoms with van der Waals surface area (Å²) < 4.78 is 0. The lowest BCUT2D eigenvalue weighted by atomic mass is 9.87. The van der Waals surface area contributed by atoms with Crippen LogP contribution in [0.5, 0.6) is 0 Å². The Labute approximate surface area is 220 Å². The van der Waals surface area contributed by atoms with Crippen LogP contribution in [0.3, 0.4) is 0 Å². The van der Waals surface area contributed by atoms with Crippen molar-refractivity contribution in [3.63, 3.8) is 0 Å². The normalized spacial score (nSPS) is 13.0. The largest absolute Gasteiger partial charge is 0.480 e. The van der Waals surface area contributed by atoms with Gasteiger partial charge in [-0.3, -0.25) is 4.79 Å². The summed E-state index contributed by atoms with van der Waals surface area (Å²) >= 11 is 4.49. The number of fused-ring (bicyclic) bond motifs is 2. The van der Waals surface area contributed by atoms with Crippen molar-refractivity contribution in [2.45, 2.75) is 24.1 Å². The number of H-pyrrole nitrogens is 1. The predicted molar refractivity (Wildman–Crippen MR) is 149 cm³/mol. The zero-order valence-corrected chi connectivity index (χ0v) is 20.9. The highest BCUT2D eigenvalue weighted by Gasteiger charge is 2.32. The van der Waals surface area contributed by atoms with Crippen LogP contribution in [0.25, 0.3) is 21.5 Å². The number of imidazole rings is 1. The van der Waals surface area contributed by atoms with Crippen LogP contribution in [0, 0.1) is 5.92 Å². The van der Waals surface area contributed by atoms with Gasteiger partial charge in [0.2, 0.25) is 5.91 Å². The maximum atomic E-state index is 13.8. The molecule has 7 heteroatoms. The number of hydrogen-bond donors (Lipinski definition) is 4. The number of aromatic nitrogens is 2. The summed E-state index contributed by atoms with van der Waals surface area (Å²) in [6, 6.07) is 27.1. The van der Waals surface area contributed by atoms with Gasteiger partial charge in [-0.25, -0.2) is 9.78 Å². The van der Waals surface area contributed by atoms with Gasteiger partial charge in [0.25, 0.3) is 0 Å². The molecule has 0 aliphatic carbocycles. The van der Waals surface area contributed by atoms with E-state index in [1.807, 2.05) is 48.5 Å². The zero-order valence-electron chi connectivity index (χ0n) is 20.0. The summed E-state index contributed by atoms with van der Waals surface area (Å²) in [6.07, 6.45) is 3.90. The van der Waals surface area contributed by atoms with Crippen LogP contribution in [0.2, 0.25) is 0 Å². The predicted octanol–water partition coefficient (Wildman–Crippen LogP) is 5.36. The molecule has 0 spiro atoms. The molecule has 2 atom stereocenters. The first kappa shape index (κ1) is 24.6. The number of carbonyl (C=O) groups is 2. The van der Waals surface area contributed by atoms with Gasteiger partial charge in [0.1, 0.15) is 6.04 Å². The van der Waals surface area contributed by atoms with Gasteiger partial charge < -0.3 is 15.4 Å². The van der Waals surface area contributed by atoms with Crippen molar-refractivity contribution in [2.75, 3.05) is 0 Å². The molecule has 0 aliphatic rings. The molecule has 186 valence electrons. The van der Waals surface area contributed by atoms with Crippen LogP contribution in [-0.2, 0) is 22.4 Å². The fourth-order valence-electron chi connectivity index (χ4n) is 4.88. The number of aromatic amines is 1.